The second kappa shape index (κ2) is 12.3. The second-order valence-electron chi connectivity index (χ2n) is 10.5. The smallest absolute Gasteiger partial charge is 0.262 e. The molecule has 0 fully saturated rings. The third-order valence-electron chi connectivity index (χ3n) is 7.87. The number of amides is 1. The summed E-state index contributed by atoms with van der Waals surface area (Å²) in [6, 6.07) is 8.80. The van der Waals surface area contributed by atoms with Gasteiger partial charge in [0.1, 0.15) is 0 Å². The Labute approximate surface area is 250 Å². The van der Waals surface area contributed by atoms with Crippen LogP contribution in [0.25, 0.3) is 0 Å². The highest BCUT2D eigenvalue weighted by Gasteiger charge is 2.43. The maximum atomic E-state index is 13.4. The summed E-state index contributed by atoms with van der Waals surface area (Å²) in [4.78, 5) is 41.7. The Hall–Kier alpha value is -3.29. The van der Waals surface area contributed by atoms with Gasteiger partial charge >= 0.3 is 0 Å². The lowest BCUT2D eigenvalue weighted by Crippen LogP contribution is -2.39. The van der Waals surface area contributed by atoms with E-state index >= 15 is 0 Å². The number of anilines is 1. The lowest BCUT2D eigenvalue weighted by atomic mass is 9.71. The zero-order valence-corrected chi connectivity index (χ0v) is 25.1. The predicted molar refractivity (Wildman–Crippen MR) is 160 cm³/mol. The molecule has 0 saturated carbocycles. The van der Waals surface area contributed by atoms with Gasteiger partial charge < -0.3 is 19.7 Å². The van der Waals surface area contributed by atoms with Crippen molar-refractivity contribution in [3.8, 4) is 11.5 Å². The molecule has 2 aliphatic carbocycles. The largest absolute Gasteiger partial charge is 0.490 e. The summed E-state index contributed by atoms with van der Waals surface area (Å²) in [5.74, 6) is -0.166. The van der Waals surface area contributed by atoms with E-state index in [0.717, 1.165) is 42.6 Å². The Kier molecular flexibility index (Phi) is 8.76. The molecule has 1 heterocycles. The number of hydrogen-bond donors (Lipinski definition) is 1. The first-order chi connectivity index (χ1) is 19.7. The van der Waals surface area contributed by atoms with Crippen molar-refractivity contribution < 1.29 is 23.9 Å². The third-order valence-corrected chi connectivity index (χ3v) is 8.56. The van der Waals surface area contributed by atoms with Gasteiger partial charge in [-0.15, -0.1) is 0 Å². The summed E-state index contributed by atoms with van der Waals surface area (Å²) in [6.07, 6.45) is 4.10. The fourth-order valence-electron chi connectivity index (χ4n) is 6.09. The first-order valence-electron chi connectivity index (χ1n) is 14.2. The molecule has 216 valence electrons. The van der Waals surface area contributed by atoms with Crippen LogP contribution in [0.3, 0.4) is 0 Å². The lowest BCUT2D eigenvalue weighted by Gasteiger charge is -2.43. The first-order valence-corrected chi connectivity index (χ1v) is 14.9. The molecule has 41 heavy (non-hydrogen) atoms. The minimum Gasteiger partial charge on any atom is -0.490 e. The van der Waals surface area contributed by atoms with E-state index in [1.807, 2.05) is 19.9 Å². The van der Waals surface area contributed by atoms with Gasteiger partial charge in [0.05, 0.1) is 11.6 Å². The molecule has 5 rings (SSSR count). The number of ketones is 2. The number of nitrogens with one attached hydrogen (secondary N) is 1. The first kappa shape index (κ1) is 29.2. The van der Waals surface area contributed by atoms with Crippen molar-refractivity contribution in [3.05, 3.63) is 74.0 Å². The highest BCUT2D eigenvalue weighted by atomic mass is 35.5. The van der Waals surface area contributed by atoms with Crippen LogP contribution in [0.15, 0.2) is 52.9 Å². The van der Waals surface area contributed by atoms with E-state index in [1.165, 1.54) is 0 Å². The van der Waals surface area contributed by atoms with Gasteiger partial charge in [-0.05, 0) is 81.8 Å². The van der Waals surface area contributed by atoms with Crippen molar-refractivity contribution >= 4 is 46.4 Å². The molecular weight excluding hydrogens is 563 g/mol. The molecule has 0 aromatic heterocycles. The minimum absolute atomic E-state index is 0.0712. The van der Waals surface area contributed by atoms with Gasteiger partial charge in [0.25, 0.3) is 5.91 Å². The van der Waals surface area contributed by atoms with Crippen LogP contribution in [0.1, 0.15) is 69.4 Å². The normalized spacial score (nSPS) is 17.4. The maximum Gasteiger partial charge on any atom is 0.262 e. The summed E-state index contributed by atoms with van der Waals surface area (Å²) in [6.45, 7) is 6.52. The number of allylic oxidation sites excluding steroid dienone is 4. The van der Waals surface area contributed by atoms with Crippen LogP contribution in [0.2, 0.25) is 10.0 Å². The molecule has 0 spiro atoms. The SMILES string of the molecule is CCOc1cc(C2C3=C(CCCC3=O)N(CC)C3=C2C(=O)CCC3)cc(Cl)c1OCC(=O)Nc1ccc(C)c(Cl)c1. The summed E-state index contributed by atoms with van der Waals surface area (Å²) in [7, 11) is 0. The van der Waals surface area contributed by atoms with E-state index in [9.17, 15) is 14.4 Å². The van der Waals surface area contributed by atoms with Crippen molar-refractivity contribution in [1.82, 2.24) is 4.90 Å². The number of carbonyl (C=O) groups is 3. The van der Waals surface area contributed by atoms with Gasteiger partial charge in [0, 0.05) is 58.6 Å². The fourth-order valence-corrected chi connectivity index (χ4v) is 6.55. The van der Waals surface area contributed by atoms with Crippen LogP contribution in [-0.4, -0.2) is 42.1 Å². The van der Waals surface area contributed by atoms with Crippen LogP contribution >= 0.6 is 23.2 Å². The maximum absolute atomic E-state index is 13.4. The number of carbonyl (C=O) groups excluding carboxylic acids is 3. The van der Waals surface area contributed by atoms with E-state index in [-0.39, 0.29) is 34.9 Å². The molecule has 0 unspecified atom stereocenters. The van der Waals surface area contributed by atoms with Crippen molar-refractivity contribution in [2.45, 2.75) is 65.2 Å². The van der Waals surface area contributed by atoms with Gasteiger partial charge in [0.2, 0.25) is 0 Å². The average Bonchev–Trinajstić information content (AvgIpc) is 2.94. The van der Waals surface area contributed by atoms with Gasteiger partial charge in [-0.2, -0.15) is 0 Å². The number of rotatable bonds is 8. The molecule has 2 aromatic carbocycles. The molecule has 3 aliphatic rings. The number of hydrogen-bond acceptors (Lipinski definition) is 6. The molecule has 0 atom stereocenters. The van der Waals surface area contributed by atoms with Crippen LogP contribution in [0.4, 0.5) is 5.69 Å². The Morgan fingerprint density at radius 2 is 1.59 bits per heavy atom. The van der Waals surface area contributed by atoms with Crippen LogP contribution in [-0.2, 0) is 14.4 Å². The molecule has 1 aliphatic heterocycles. The van der Waals surface area contributed by atoms with Gasteiger partial charge in [-0.1, -0.05) is 29.3 Å². The summed E-state index contributed by atoms with van der Waals surface area (Å²) in [5.41, 5.74) is 5.59. The quantitative estimate of drug-likeness (QED) is 0.348. The number of nitrogens with zero attached hydrogens (tertiary/aromatic N) is 1. The van der Waals surface area contributed by atoms with E-state index in [0.29, 0.717) is 59.2 Å². The van der Waals surface area contributed by atoms with Crippen LogP contribution in [0, 0.1) is 6.92 Å². The Morgan fingerprint density at radius 1 is 0.927 bits per heavy atom. The molecule has 1 amide bonds. The molecular formula is C32H34Cl2N2O5. The molecule has 9 heteroatoms. The molecule has 0 saturated heterocycles. The molecule has 7 nitrogen and oxygen atoms in total. The van der Waals surface area contributed by atoms with Crippen LogP contribution < -0.4 is 14.8 Å². The monoisotopic (exact) mass is 596 g/mol. The van der Waals surface area contributed by atoms with E-state index in [4.69, 9.17) is 32.7 Å². The molecule has 0 bridgehead atoms. The number of ether oxygens (including phenoxy) is 2. The fraction of sp³-hybridized carbons (Fsp3) is 0.406. The summed E-state index contributed by atoms with van der Waals surface area (Å²) in [5, 5.41) is 3.56. The van der Waals surface area contributed by atoms with Gasteiger partial charge in [-0.25, -0.2) is 0 Å². The van der Waals surface area contributed by atoms with E-state index in [1.54, 1.807) is 24.3 Å². The number of aryl methyl sites for hydroxylation is 1. The third kappa shape index (κ3) is 5.75. The highest BCUT2D eigenvalue weighted by molar-refractivity contribution is 6.32. The average molecular weight is 598 g/mol. The summed E-state index contributed by atoms with van der Waals surface area (Å²) < 4.78 is 11.8. The zero-order valence-electron chi connectivity index (χ0n) is 23.6. The van der Waals surface area contributed by atoms with Gasteiger partial charge in [-0.3, -0.25) is 14.4 Å². The standard InChI is InChI=1S/C32H34Cl2N2O5/c1-4-36-23-8-6-10-25(37)30(23)29(31-24(36)9-7-11-26(31)38)19-14-22(34)32(27(15-19)40-5-2)41-17-28(39)35-20-13-12-18(3)21(33)16-20/h12-16,29H,4-11,17H2,1-3H3,(H,35,39). The molecule has 2 aromatic rings. The number of halogens is 2. The zero-order chi connectivity index (χ0) is 29.3. The summed E-state index contributed by atoms with van der Waals surface area (Å²) >= 11 is 13.0. The Balaban J connectivity index is 1.49. The van der Waals surface area contributed by atoms with Crippen molar-refractivity contribution in [2.24, 2.45) is 0 Å². The number of Topliss-reactive ketones (excluding diaryl/α,β-unsaturated/α-hetero) is 2. The topological polar surface area (TPSA) is 84.9 Å². The molecule has 0 radical (unpaired) electrons. The predicted octanol–water partition coefficient (Wildman–Crippen LogP) is 7.15. The molecule has 1 N–H and O–H groups in total. The van der Waals surface area contributed by atoms with E-state index in [2.05, 4.69) is 17.1 Å². The van der Waals surface area contributed by atoms with Crippen molar-refractivity contribution in [1.29, 1.82) is 0 Å². The lowest BCUT2D eigenvalue weighted by molar-refractivity contribution is -0.118. The Bertz CT molecular complexity index is 1430. The van der Waals surface area contributed by atoms with Crippen molar-refractivity contribution in [2.75, 3.05) is 25.1 Å². The Morgan fingerprint density at radius 3 is 2.17 bits per heavy atom. The number of benzene rings is 2. The highest BCUT2D eigenvalue weighted by Crippen LogP contribution is 2.51. The van der Waals surface area contributed by atoms with Gasteiger partial charge in [0.15, 0.2) is 29.7 Å². The van der Waals surface area contributed by atoms with Crippen LogP contribution in [0.5, 0.6) is 11.5 Å². The van der Waals surface area contributed by atoms with E-state index < -0.39 is 5.92 Å². The minimum atomic E-state index is -0.510. The second-order valence-corrected chi connectivity index (χ2v) is 11.3. The van der Waals surface area contributed by atoms with Crippen molar-refractivity contribution in [3.63, 3.8) is 0 Å².